The molecule has 31 heavy (non-hydrogen) atoms. The van der Waals surface area contributed by atoms with Gasteiger partial charge in [0, 0.05) is 18.0 Å². The number of amides is 1. The molecule has 0 fully saturated rings. The summed E-state index contributed by atoms with van der Waals surface area (Å²) >= 11 is 2.22. The smallest absolute Gasteiger partial charge is 0.224 e. The molecular weight excluding hydrogens is 521 g/mol. The highest BCUT2D eigenvalue weighted by atomic mass is 127. The number of hydrogen-bond acceptors (Lipinski definition) is 4. The Morgan fingerprint density at radius 3 is 2.77 bits per heavy atom. The van der Waals surface area contributed by atoms with Crippen molar-refractivity contribution in [3.8, 4) is 23.3 Å². The average molecular weight is 547 g/mol. The van der Waals surface area contributed by atoms with Gasteiger partial charge >= 0.3 is 0 Å². The number of ether oxygens (including phenoxy) is 1. The van der Waals surface area contributed by atoms with Gasteiger partial charge in [0.2, 0.25) is 5.91 Å². The molecule has 0 saturated carbocycles. The number of nitrogens with one attached hydrogen (secondary N) is 1. The molecule has 1 heterocycles. The molecule has 0 aliphatic rings. The van der Waals surface area contributed by atoms with Gasteiger partial charge in [-0.3, -0.25) is 4.79 Å². The molecule has 3 aromatic rings. The van der Waals surface area contributed by atoms with E-state index < -0.39 is 8.07 Å². The van der Waals surface area contributed by atoms with E-state index in [2.05, 4.69) is 59.4 Å². The van der Waals surface area contributed by atoms with E-state index in [-0.39, 0.29) is 25.5 Å². The maximum atomic E-state index is 12.1. The van der Waals surface area contributed by atoms with Crippen LogP contribution >= 0.6 is 22.6 Å². The Morgan fingerprint density at radius 2 is 2.03 bits per heavy atom. The van der Waals surface area contributed by atoms with Crippen molar-refractivity contribution in [1.29, 1.82) is 0 Å². The number of carbonyl (C=O) groups excluding carboxylic acids is 1. The van der Waals surface area contributed by atoms with Crippen LogP contribution < -0.4 is 10.1 Å². The first-order valence-electron chi connectivity index (χ1n) is 10.1. The van der Waals surface area contributed by atoms with Crippen LogP contribution in [0.15, 0.2) is 47.1 Å². The first-order valence-corrected chi connectivity index (χ1v) is 14.9. The second-order valence-corrected chi connectivity index (χ2v) is 15.1. The Hall–Kier alpha value is -2.28. The molecule has 3 rings (SSSR count). The van der Waals surface area contributed by atoms with Crippen LogP contribution in [-0.4, -0.2) is 32.2 Å². The zero-order chi connectivity index (χ0) is 22.4. The van der Waals surface area contributed by atoms with E-state index in [0.29, 0.717) is 11.5 Å². The number of halogens is 1. The maximum Gasteiger partial charge on any atom is 0.224 e. The molecule has 2 aromatic carbocycles. The van der Waals surface area contributed by atoms with Gasteiger partial charge in [0.15, 0.2) is 5.75 Å². The van der Waals surface area contributed by atoms with Crippen LogP contribution in [0.2, 0.25) is 25.7 Å². The number of aliphatic hydroxyl groups is 1. The summed E-state index contributed by atoms with van der Waals surface area (Å²) in [6.45, 7) is 7.02. The average Bonchev–Trinajstić information content (AvgIpc) is 3.16. The largest absolute Gasteiger partial charge is 0.464 e. The van der Waals surface area contributed by atoms with Crippen molar-refractivity contribution >= 4 is 47.5 Å². The Kier molecular flexibility index (Phi) is 7.81. The van der Waals surface area contributed by atoms with E-state index in [4.69, 9.17) is 14.3 Å². The van der Waals surface area contributed by atoms with Crippen molar-refractivity contribution in [1.82, 2.24) is 5.32 Å². The molecule has 0 aliphatic carbocycles. The second-order valence-electron chi connectivity index (χ2n) is 8.47. The maximum absolute atomic E-state index is 12.1. The molecule has 0 bridgehead atoms. The number of hydrogen-bond donors (Lipinski definition) is 2. The first kappa shape index (κ1) is 23.4. The molecule has 162 valence electrons. The standard InChI is InChI=1S/C24H26INO4Si/c1-31(2,3)12-4-5-19-13-17(15-23(28)26-9-10-27)14-21(25)24(19)30-20-6-7-22-18(16-20)8-11-29-22/h6-8,11,13-14,16,27H,9-10,12,15H2,1-3H3,(H,26,28). The number of aliphatic hydroxyl groups excluding tert-OH is 1. The molecule has 1 aromatic heterocycles. The predicted molar refractivity (Wildman–Crippen MR) is 134 cm³/mol. The molecule has 0 spiro atoms. The Bertz CT molecular complexity index is 1140. The Morgan fingerprint density at radius 1 is 1.23 bits per heavy atom. The summed E-state index contributed by atoms with van der Waals surface area (Å²) < 4.78 is 12.5. The minimum Gasteiger partial charge on any atom is -0.464 e. The van der Waals surface area contributed by atoms with Crippen LogP contribution in [0.3, 0.4) is 0 Å². The first-order chi connectivity index (χ1) is 14.7. The van der Waals surface area contributed by atoms with Crippen LogP contribution in [0.25, 0.3) is 11.0 Å². The minimum absolute atomic E-state index is 0.0789. The van der Waals surface area contributed by atoms with Crippen LogP contribution in [0.5, 0.6) is 11.5 Å². The summed E-state index contributed by atoms with van der Waals surface area (Å²) in [6, 6.07) is 12.3. The van der Waals surface area contributed by atoms with Gasteiger partial charge in [-0.1, -0.05) is 25.6 Å². The fourth-order valence-corrected chi connectivity index (χ4v) is 4.34. The molecule has 0 atom stereocenters. The van der Waals surface area contributed by atoms with Crippen molar-refractivity contribution in [2.75, 3.05) is 13.2 Å². The summed E-state index contributed by atoms with van der Waals surface area (Å²) in [7, 11) is -1.31. The van der Waals surface area contributed by atoms with Crippen LogP contribution in [0.4, 0.5) is 0 Å². The molecule has 7 heteroatoms. The van der Waals surface area contributed by atoms with Crippen molar-refractivity contribution in [2.45, 2.75) is 32.1 Å². The van der Waals surface area contributed by atoms with Crippen molar-refractivity contribution in [3.63, 3.8) is 0 Å². The molecule has 0 aliphatic heterocycles. The lowest BCUT2D eigenvalue weighted by atomic mass is 10.1. The molecule has 1 amide bonds. The van der Waals surface area contributed by atoms with E-state index in [0.717, 1.165) is 31.7 Å². The minimum atomic E-state index is -1.31. The number of rotatable bonds is 7. The zero-order valence-corrected chi connectivity index (χ0v) is 21.1. The van der Waals surface area contributed by atoms with Crippen LogP contribution in [0, 0.1) is 15.4 Å². The lowest BCUT2D eigenvalue weighted by molar-refractivity contribution is -0.120. The van der Waals surface area contributed by atoms with Gasteiger partial charge in [0.25, 0.3) is 0 Å². The molecule has 2 N–H and O–H groups in total. The van der Waals surface area contributed by atoms with Gasteiger partial charge in [-0.25, -0.2) is 0 Å². The third kappa shape index (κ3) is 6.85. The number of carbonyl (C=O) groups is 1. The lowest BCUT2D eigenvalue weighted by Crippen LogP contribution is -2.27. The summed E-state index contributed by atoms with van der Waals surface area (Å²) in [5.74, 6) is 7.85. The van der Waals surface area contributed by atoms with E-state index in [9.17, 15) is 4.79 Å². The topological polar surface area (TPSA) is 71.7 Å². The van der Waals surface area contributed by atoms with Gasteiger partial charge < -0.3 is 19.6 Å². The van der Waals surface area contributed by atoms with Gasteiger partial charge in [0.05, 0.1) is 36.5 Å². The fraction of sp³-hybridized carbons (Fsp3) is 0.292. The highest BCUT2D eigenvalue weighted by molar-refractivity contribution is 14.1. The van der Waals surface area contributed by atoms with E-state index in [1.807, 2.05) is 36.4 Å². The Labute approximate surface area is 197 Å². The van der Waals surface area contributed by atoms with Crippen LogP contribution in [0.1, 0.15) is 11.1 Å². The summed E-state index contributed by atoms with van der Waals surface area (Å²) in [5.41, 5.74) is 2.43. The number of furan rings is 1. The van der Waals surface area contributed by atoms with Crippen molar-refractivity contribution in [2.24, 2.45) is 0 Å². The van der Waals surface area contributed by atoms with Gasteiger partial charge in [-0.05, 0) is 64.6 Å². The quantitative estimate of drug-likeness (QED) is 0.243. The predicted octanol–water partition coefficient (Wildman–Crippen LogP) is 5.17. The normalized spacial score (nSPS) is 11.1. The van der Waals surface area contributed by atoms with E-state index in [1.165, 1.54) is 0 Å². The van der Waals surface area contributed by atoms with Gasteiger partial charge in [-0.2, -0.15) is 0 Å². The number of fused-ring (bicyclic) bond motifs is 1. The summed E-state index contributed by atoms with van der Waals surface area (Å²) in [5, 5.41) is 12.6. The number of benzene rings is 2. The fourth-order valence-electron chi connectivity index (χ4n) is 2.92. The third-order valence-corrected chi connectivity index (χ3v) is 6.43. The highest BCUT2D eigenvalue weighted by Crippen LogP contribution is 2.33. The van der Waals surface area contributed by atoms with Gasteiger partial charge in [0.1, 0.15) is 11.3 Å². The van der Waals surface area contributed by atoms with E-state index >= 15 is 0 Å². The van der Waals surface area contributed by atoms with Crippen molar-refractivity contribution < 1.29 is 19.1 Å². The lowest BCUT2D eigenvalue weighted by Gasteiger charge is -2.13. The zero-order valence-electron chi connectivity index (χ0n) is 17.9. The molecule has 0 saturated heterocycles. The molecule has 0 radical (unpaired) electrons. The molecule has 5 nitrogen and oxygen atoms in total. The highest BCUT2D eigenvalue weighted by Gasteiger charge is 2.15. The van der Waals surface area contributed by atoms with Crippen molar-refractivity contribution in [3.05, 3.63) is 57.4 Å². The van der Waals surface area contributed by atoms with Gasteiger partial charge in [-0.15, -0.1) is 5.92 Å². The monoisotopic (exact) mass is 547 g/mol. The third-order valence-electron chi connectivity index (χ3n) is 4.39. The second kappa shape index (κ2) is 10.4. The molecule has 0 unspecified atom stereocenters. The molecular formula is C24H26INO4Si. The summed E-state index contributed by atoms with van der Waals surface area (Å²) in [4.78, 5) is 12.1. The Balaban J connectivity index is 1.94. The summed E-state index contributed by atoms with van der Waals surface area (Å²) in [6.07, 6.45) is 1.88. The SMILES string of the molecule is C[Si](C)(C)CC#Cc1cc(CC(=O)NCCO)cc(I)c1Oc1ccc2occc2c1. The van der Waals surface area contributed by atoms with Crippen LogP contribution in [-0.2, 0) is 11.2 Å². The van der Waals surface area contributed by atoms with E-state index in [1.54, 1.807) is 6.26 Å².